The fourth-order valence-electron chi connectivity index (χ4n) is 6.94. The number of thiophene rings is 1. The highest BCUT2D eigenvalue weighted by Gasteiger charge is 2.19. The summed E-state index contributed by atoms with van der Waals surface area (Å²) in [7, 11) is 0. The van der Waals surface area contributed by atoms with Gasteiger partial charge in [-0.25, -0.2) is 9.97 Å². The molecule has 0 aliphatic carbocycles. The molecule has 5 heterocycles. The van der Waals surface area contributed by atoms with Gasteiger partial charge in [-0.2, -0.15) is 0 Å². The Morgan fingerprint density at radius 2 is 0.740 bits per heavy atom. The largest absolute Gasteiger partial charge is 0.354 e. The van der Waals surface area contributed by atoms with E-state index in [-0.39, 0.29) is 0 Å². The molecule has 0 spiro atoms. The summed E-state index contributed by atoms with van der Waals surface area (Å²) in [6.07, 6.45) is 8.67. The molecule has 0 radical (unpaired) electrons. The minimum Gasteiger partial charge on any atom is -0.354 e. The van der Waals surface area contributed by atoms with Crippen molar-refractivity contribution in [3.05, 3.63) is 167 Å². The maximum atomic E-state index is 5.42. The highest BCUT2D eigenvalue weighted by atomic mass is 32.1. The van der Waals surface area contributed by atoms with Gasteiger partial charge in [-0.3, -0.25) is 0 Å². The van der Waals surface area contributed by atoms with Gasteiger partial charge >= 0.3 is 0 Å². The highest BCUT2D eigenvalue weighted by molar-refractivity contribution is 7.24. The van der Waals surface area contributed by atoms with Crippen molar-refractivity contribution in [2.45, 2.75) is 13.8 Å². The zero-order valence-electron chi connectivity index (χ0n) is 27.8. The lowest BCUT2D eigenvalue weighted by Crippen LogP contribution is -1.88. The Morgan fingerprint density at radius 1 is 0.380 bits per heavy atom. The van der Waals surface area contributed by atoms with Crippen molar-refractivity contribution < 1.29 is 0 Å². The molecular formula is C46H33N3S. The Morgan fingerprint density at radius 3 is 1.18 bits per heavy atom. The molecule has 3 nitrogen and oxygen atoms in total. The van der Waals surface area contributed by atoms with Crippen molar-refractivity contribution in [3.63, 3.8) is 0 Å². The van der Waals surface area contributed by atoms with Crippen LogP contribution in [0, 0.1) is 13.8 Å². The highest BCUT2D eigenvalue weighted by Crippen LogP contribution is 2.41. The first kappa shape index (κ1) is 30.0. The van der Waals surface area contributed by atoms with Crippen molar-refractivity contribution in [3.8, 4) is 44.5 Å². The Hall–Kier alpha value is -6.10. The Balaban J connectivity index is 1.48. The average molecular weight is 660 g/mol. The van der Waals surface area contributed by atoms with Crippen molar-refractivity contribution in [2.75, 3.05) is 0 Å². The van der Waals surface area contributed by atoms with Gasteiger partial charge in [0.2, 0.25) is 0 Å². The Kier molecular flexibility index (Phi) is 7.45. The summed E-state index contributed by atoms with van der Waals surface area (Å²) in [4.78, 5) is 14.6. The van der Waals surface area contributed by atoms with Crippen LogP contribution in [0.4, 0.5) is 0 Å². The predicted molar refractivity (Wildman–Crippen MR) is 214 cm³/mol. The van der Waals surface area contributed by atoms with Crippen LogP contribution >= 0.6 is 11.3 Å². The van der Waals surface area contributed by atoms with Crippen LogP contribution in [0.5, 0.6) is 0 Å². The van der Waals surface area contributed by atoms with Gasteiger partial charge in [0.05, 0.1) is 22.8 Å². The van der Waals surface area contributed by atoms with E-state index in [9.17, 15) is 0 Å². The number of aromatic nitrogens is 3. The summed E-state index contributed by atoms with van der Waals surface area (Å²) in [6.45, 7) is 4.26. The monoisotopic (exact) mass is 659 g/mol. The van der Waals surface area contributed by atoms with Crippen LogP contribution in [0.3, 0.4) is 0 Å². The maximum Gasteiger partial charge on any atom is 0.0737 e. The standard InChI is InChI=1S/C46H33N3S/c1-29-13-17-33(18-14-29)44-37-22-21-35(47-37)43(31-9-5-3-6-10-31)36-23-25-39(48-36)45(32-11-7-4-8-12-32)41-27-28-42(50-41)46(40-26-24-38(44)49-40)34-19-15-30(2)16-20-34/h3-28,47H,1-2H3. The van der Waals surface area contributed by atoms with Gasteiger partial charge in [0.25, 0.3) is 0 Å². The first-order valence-corrected chi connectivity index (χ1v) is 17.7. The SMILES string of the molecule is Cc1ccc(-c2c3nc(c(-c4ccc(C)cc4)c4ccc(s4)c(-c4ccccc4)c4nc(c(-c5ccccc5)c5ccc2[nH]5)C=C4)C=C3)cc1. The molecule has 0 saturated carbocycles. The first-order chi connectivity index (χ1) is 24.6. The second kappa shape index (κ2) is 12.4. The number of benzene rings is 4. The molecule has 238 valence electrons. The molecule has 0 atom stereocenters. The third kappa shape index (κ3) is 5.40. The van der Waals surface area contributed by atoms with Gasteiger partial charge < -0.3 is 4.98 Å². The van der Waals surface area contributed by atoms with E-state index in [0.29, 0.717) is 0 Å². The quantitative estimate of drug-likeness (QED) is 0.204. The minimum absolute atomic E-state index is 0.925. The van der Waals surface area contributed by atoms with E-state index in [1.54, 1.807) is 11.3 Å². The Bertz CT molecular complexity index is 2440. The van der Waals surface area contributed by atoms with Crippen LogP contribution in [-0.4, -0.2) is 15.0 Å². The molecule has 0 fully saturated rings. The summed E-state index contributed by atoms with van der Waals surface area (Å²) in [6, 6.07) is 47.6. The van der Waals surface area contributed by atoms with Crippen LogP contribution in [0.2, 0.25) is 0 Å². The minimum atomic E-state index is 0.925. The lowest BCUT2D eigenvalue weighted by atomic mass is 10.0. The smallest absolute Gasteiger partial charge is 0.0737 e. The molecule has 2 aliphatic heterocycles. The summed E-state index contributed by atoms with van der Waals surface area (Å²) in [5.41, 5.74) is 17.1. The van der Waals surface area contributed by atoms with Gasteiger partial charge in [-0.1, -0.05) is 120 Å². The molecule has 7 aromatic rings. The molecule has 0 amide bonds. The third-order valence-electron chi connectivity index (χ3n) is 9.43. The van der Waals surface area contributed by atoms with Crippen molar-refractivity contribution in [1.82, 2.24) is 15.0 Å². The van der Waals surface area contributed by atoms with Gasteiger partial charge in [-0.05, 0) is 84.7 Å². The molecular weight excluding hydrogens is 627 g/mol. The summed E-state index contributed by atoms with van der Waals surface area (Å²) in [5, 5.41) is 0. The number of aromatic amines is 1. The molecule has 4 heteroatoms. The van der Waals surface area contributed by atoms with Crippen molar-refractivity contribution >= 4 is 56.1 Å². The zero-order valence-corrected chi connectivity index (χ0v) is 28.6. The molecule has 4 aromatic carbocycles. The van der Waals surface area contributed by atoms with E-state index in [2.05, 4.69) is 177 Å². The van der Waals surface area contributed by atoms with E-state index in [4.69, 9.17) is 9.97 Å². The van der Waals surface area contributed by atoms with Crippen molar-refractivity contribution in [1.29, 1.82) is 0 Å². The third-order valence-corrected chi connectivity index (χ3v) is 10.6. The molecule has 1 N–H and O–H groups in total. The van der Waals surface area contributed by atoms with Crippen LogP contribution in [-0.2, 0) is 0 Å². The number of rotatable bonds is 4. The summed E-state index contributed by atoms with van der Waals surface area (Å²) < 4.78 is 2.33. The van der Waals surface area contributed by atoms with Gasteiger partial charge in [0.1, 0.15) is 0 Å². The topological polar surface area (TPSA) is 41.6 Å². The van der Waals surface area contributed by atoms with Gasteiger partial charge in [0.15, 0.2) is 0 Å². The molecule has 9 rings (SSSR count). The molecule has 0 saturated heterocycles. The normalized spacial score (nSPS) is 12.0. The summed E-state index contributed by atoms with van der Waals surface area (Å²) >= 11 is 1.79. The van der Waals surface area contributed by atoms with Crippen molar-refractivity contribution in [2.24, 2.45) is 0 Å². The van der Waals surface area contributed by atoms with E-state index in [1.165, 1.54) is 11.1 Å². The van der Waals surface area contributed by atoms with E-state index in [1.807, 2.05) is 0 Å². The number of fused-ring (bicyclic) bond motifs is 8. The Labute approximate surface area is 295 Å². The number of nitrogens with one attached hydrogen (secondary N) is 1. The lowest BCUT2D eigenvalue weighted by molar-refractivity contribution is 1.32. The van der Waals surface area contributed by atoms with E-state index >= 15 is 0 Å². The number of hydrogen-bond donors (Lipinski definition) is 1. The van der Waals surface area contributed by atoms with Crippen LogP contribution in [0.15, 0.2) is 133 Å². The molecule has 3 aromatic heterocycles. The van der Waals surface area contributed by atoms with E-state index < -0.39 is 0 Å². The number of nitrogens with zero attached hydrogens (tertiary/aromatic N) is 2. The number of aryl methyl sites for hydroxylation is 2. The molecule has 50 heavy (non-hydrogen) atoms. The fraction of sp³-hybridized carbons (Fsp3) is 0.0435. The van der Waals surface area contributed by atoms with Crippen LogP contribution in [0.1, 0.15) is 33.9 Å². The van der Waals surface area contributed by atoms with Crippen LogP contribution < -0.4 is 0 Å². The van der Waals surface area contributed by atoms with Crippen LogP contribution in [0.25, 0.3) is 89.2 Å². The zero-order chi connectivity index (χ0) is 33.6. The number of H-pyrrole nitrogens is 1. The average Bonchev–Trinajstić information content (AvgIpc) is 3.98. The first-order valence-electron chi connectivity index (χ1n) is 16.9. The molecule has 2 aliphatic rings. The van der Waals surface area contributed by atoms with E-state index in [0.717, 1.165) is 87.7 Å². The maximum absolute atomic E-state index is 5.42. The second-order valence-electron chi connectivity index (χ2n) is 12.8. The lowest BCUT2D eigenvalue weighted by Gasteiger charge is -2.07. The number of hydrogen-bond acceptors (Lipinski definition) is 3. The molecule has 8 bridgehead atoms. The predicted octanol–water partition coefficient (Wildman–Crippen LogP) is 12.7. The fourth-order valence-corrected chi connectivity index (χ4v) is 8.10. The van der Waals surface area contributed by atoms with Gasteiger partial charge in [-0.15, -0.1) is 11.3 Å². The van der Waals surface area contributed by atoms with Gasteiger partial charge in [0, 0.05) is 42.7 Å². The second-order valence-corrected chi connectivity index (χ2v) is 13.9. The summed E-state index contributed by atoms with van der Waals surface area (Å²) in [5.74, 6) is 0. The molecule has 0 unspecified atom stereocenters.